The van der Waals surface area contributed by atoms with Crippen LogP contribution in [-0.4, -0.2) is 22.6 Å². The van der Waals surface area contributed by atoms with E-state index in [0.717, 1.165) is 0 Å². The summed E-state index contributed by atoms with van der Waals surface area (Å²) in [5, 5.41) is 18.8. The number of benzene rings is 3. The number of carboxylic acids is 1. The Morgan fingerprint density at radius 3 is 1.31 bits per heavy atom. The molecule has 0 aliphatic carbocycles. The molecule has 1 N–H and O–H groups in total. The molecule has 0 atom stereocenters. The van der Waals surface area contributed by atoms with Crippen molar-refractivity contribution in [3.8, 4) is 5.75 Å². The lowest BCUT2D eigenvalue weighted by atomic mass is 10.0. The Labute approximate surface area is 150 Å². The zero-order chi connectivity index (χ0) is 18.9. The van der Waals surface area contributed by atoms with Gasteiger partial charge in [0.25, 0.3) is 0 Å². The molecule has 0 bridgehead atoms. The van der Waals surface area contributed by atoms with Crippen molar-refractivity contribution in [1.82, 2.24) is 0 Å². The van der Waals surface area contributed by atoms with Crippen LogP contribution >= 0.6 is 0 Å². The predicted molar refractivity (Wildman–Crippen MR) is 94.4 cm³/mol. The largest absolute Gasteiger partial charge is 0.872 e. The van der Waals surface area contributed by atoms with Gasteiger partial charge < -0.3 is 10.2 Å². The fraction of sp³-hybridized carbons (Fsp3) is 0. The maximum atomic E-state index is 11.8. The van der Waals surface area contributed by atoms with E-state index in [0.29, 0.717) is 11.1 Å². The van der Waals surface area contributed by atoms with Crippen molar-refractivity contribution in [2.24, 2.45) is 0 Å². The molecule has 0 heterocycles. The van der Waals surface area contributed by atoms with Crippen LogP contribution in [0.5, 0.6) is 5.75 Å². The van der Waals surface area contributed by atoms with Gasteiger partial charge in [-0.15, -0.1) is 5.75 Å². The number of ketones is 2. The standard InChI is InChI=1S/C14H10O2.C7H6O3/c15-13(11-7-3-1-4-8-11)14(16)12-9-5-2-6-10-12;8-6-3-1-5(2-4-6)7(9)10/h1-10H;1-4,8H,(H,9,10)/p-1. The Balaban J connectivity index is 0.000000209. The van der Waals surface area contributed by atoms with Crippen LogP contribution < -0.4 is 5.11 Å². The van der Waals surface area contributed by atoms with Gasteiger partial charge in [0.1, 0.15) is 0 Å². The summed E-state index contributed by atoms with van der Waals surface area (Å²) in [5.74, 6) is -2.12. The molecule has 0 aromatic heterocycles. The molecular weight excluding hydrogens is 332 g/mol. The van der Waals surface area contributed by atoms with Gasteiger partial charge in [-0.05, 0) is 12.1 Å². The van der Waals surface area contributed by atoms with E-state index in [4.69, 9.17) is 5.11 Å². The Morgan fingerprint density at radius 2 is 0.962 bits per heavy atom. The number of carboxylic acid groups (broad SMARTS) is 1. The van der Waals surface area contributed by atoms with Gasteiger partial charge in [0, 0.05) is 11.1 Å². The first-order valence-corrected chi connectivity index (χ1v) is 7.68. The van der Waals surface area contributed by atoms with Crippen LogP contribution in [0.3, 0.4) is 0 Å². The summed E-state index contributed by atoms with van der Waals surface area (Å²) in [4.78, 5) is 33.8. The molecule has 5 heteroatoms. The number of Topliss-reactive ketones (excluding diaryl/α,β-unsaturated/α-hetero) is 2. The van der Waals surface area contributed by atoms with E-state index in [-0.39, 0.29) is 11.3 Å². The average Bonchev–Trinajstić information content (AvgIpc) is 2.69. The highest BCUT2D eigenvalue weighted by Crippen LogP contribution is 2.07. The Kier molecular flexibility index (Phi) is 6.40. The highest BCUT2D eigenvalue weighted by molar-refractivity contribution is 6.49. The van der Waals surface area contributed by atoms with Gasteiger partial charge in [-0.2, -0.15) is 0 Å². The molecule has 0 radical (unpaired) electrons. The second-order valence-electron chi connectivity index (χ2n) is 5.22. The summed E-state index contributed by atoms with van der Waals surface area (Å²) >= 11 is 0. The molecule has 0 aliphatic rings. The normalized spacial score (nSPS) is 9.54. The van der Waals surface area contributed by atoms with Gasteiger partial charge in [0.2, 0.25) is 11.6 Å². The van der Waals surface area contributed by atoms with Gasteiger partial charge in [0.15, 0.2) is 0 Å². The van der Waals surface area contributed by atoms with Gasteiger partial charge in [-0.25, -0.2) is 4.79 Å². The Hall–Kier alpha value is -3.73. The number of hydrogen-bond donors (Lipinski definition) is 1. The first-order valence-electron chi connectivity index (χ1n) is 7.68. The summed E-state index contributed by atoms with van der Waals surface area (Å²) < 4.78 is 0. The van der Waals surface area contributed by atoms with Crippen LogP contribution in [0.25, 0.3) is 0 Å². The summed E-state index contributed by atoms with van der Waals surface area (Å²) in [6.07, 6.45) is 0. The van der Waals surface area contributed by atoms with E-state index in [1.807, 2.05) is 12.1 Å². The molecule has 5 nitrogen and oxygen atoms in total. The predicted octanol–water partition coefficient (Wildman–Crippen LogP) is 3.21. The lowest BCUT2D eigenvalue weighted by Gasteiger charge is -2.02. The quantitative estimate of drug-likeness (QED) is 0.578. The van der Waals surface area contributed by atoms with Gasteiger partial charge >= 0.3 is 5.97 Å². The molecular formula is C21H15O5-. The van der Waals surface area contributed by atoms with Crippen LogP contribution in [0.1, 0.15) is 31.1 Å². The average molecular weight is 347 g/mol. The lowest BCUT2D eigenvalue weighted by molar-refractivity contribution is -0.268. The molecule has 0 saturated carbocycles. The fourth-order valence-corrected chi connectivity index (χ4v) is 2.04. The molecule has 0 unspecified atom stereocenters. The Morgan fingerprint density at radius 1 is 0.577 bits per heavy atom. The third-order valence-electron chi connectivity index (χ3n) is 3.38. The second-order valence-corrected chi connectivity index (χ2v) is 5.22. The first kappa shape index (κ1) is 18.6. The van der Waals surface area contributed by atoms with Crippen molar-refractivity contribution in [2.75, 3.05) is 0 Å². The SMILES string of the molecule is O=C(C(=O)c1ccccc1)c1ccccc1.O=C(O)c1ccc([O-])cc1. The zero-order valence-electron chi connectivity index (χ0n) is 13.7. The maximum absolute atomic E-state index is 11.8. The summed E-state index contributed by atoms with van der Waals surface area (Å²) in [6, 6.07) is 22.2. The molecule has 130 valence electrons. The van der Waals surface area contributed by atoms with E-state index < -0.39 is 17.5 Å². The van der Waals surface area contributed by atoms with Crippen molar-refractivity contribution in [3.05, 3.63) is 102 Å². The third-order valence-corrected chi connectivity index (χ3v) is 3.38. The summed E-state index contributed by atoms with van der Waals surface area (Å²) in [5.41, 5.74) is 0.993. The van der Waals surface area contributed by atoms with E-state index in [1.54, 1.807) is 48.5 Å². The van der Waals surface area contributed by atoms with E-state index >= 15 is 0 Å². The van der Waals surface area contributed by atoms with Crippen molar-refractivity contribution in [2.45, 2.75) is 0 Å². The molecule has 0 aliphatic heterocycles. The van der Waals surface area contributed by atoms with Crippen LogP contribution in [0.15, 0.2) is 84.9 Å². The van der Waals surface area contributed by atoms with Crippen molar-refractivity contribution in [3.63, 3.8) is 0 Å². The number of rotatable bonds is 4. The molecule has 0 spiro atoms. The lowest BCUT2D eigenvalue weighted by Crippen LogP contribution is -2.14. The minimum Gasteiger partial charge on any atom is -0.872 e. The molecule has 0 saturated heterocycles. The first-order chi connectivity index (χ1) is 12.5. The topological polar surface area (TPSA) is 94.5 Å². The third kappa shape index (κ3) is 5.14. The monoisotopic (exact) mass is 347 g/mol. The summed E-state index contributed by atoms with van der Waals surface area (Å²) in [7, 11) is 0. The molecule has 0 fully saturated rings. The van der Waals surface area contributed by atoms with E-state index in [1.165, 1.54) is 24.3 Å². The van der Waals surface area contributed by atoms with Crippen molar-refractivity contribution >= 4 is 17.5 Å². The molecule has 26 heavy (non-hydrogen) atoms. The maximum Gasteiger partial charge on any atom is 0.335 e. The Bertz CT molecular complexity index is 835. The number of aromatic carboxylic acids is 1. The van der Waals surface area contributed by atoms with Gasteiger partial charge in [-0.1, -0.05) is 72.8 Å². The molecule has 0 amide bonds. The minimum absolute atomic E-state index is 0.139. The number of hydrogen-bond acceptors (Lipinski definition) is 4. The smallest absolute Gasteiger partial charge is 0.335 e. The molecule has 3 aromatic rings. The van der Waals surface area contributed by atoms with Crippen molar-refractivity contribution < 1.29 is 24.6 Å². The molecule has 3 aromatic carbocycles. The van der Waals surface area contributed by atoms with Crippen molar-refractivity contribution in [1.29, 1.82) is 0 Å². The number of carbonyl (C=O) groups is 3. The summed E-state index contributed by atoms with van der Waals surface area (Å²) in [6.45, 7) is 0. The second kappa shape index (κ2) is 8.94. The van der Waals surface area contributed by atoms with Crippen LogP contribution in [0.4, 0.5) is 0 Å². The minimum atomic E-state index is -1.01. The van der Waals surface area contributed by atoms with Crippen LogP contribution in [0.2, 0.25) is 0 Å². The highest BCUT2D eigenvalue weighted by Gasteiger charge is 2.17. The van der Waals surface area contributed by atoms with Crippen LogP contribution in [0, 0.1) is 0 Å². The fourth-order valence-electron chi connectivity index (χ4n) is 2.04. The van der Waals surface area contributed by atoms with E-state index in [9.17, 15) is 19.5 Å². The van der Waals surface area contributed by atoms with E-state index in [2.05, 4.69) is 0 Å². The van der Waals surface area contributed by atoms with Gasteiger partial charge in [0.05, 0.1) is 5.56 Å². The molecule has 3 rings (SSSR count). The van der Waals surface area contributed by atoms with Gasteiger partial charge in [-0.3, -0.25) is 9.59 Å². The van der Waals surface area contributed by atoms with Crippen LogP contribution in [-0.2, 0) is 0 Å². The number of carbonyl (C=O) groups excluding carboxylic acids is 2. The zero-order valence-corrected chi connectivity index (χ0v) is 13.7. The highest BCUT2D eigenvalue weighted by atomic mass is 16.4.